The van der Waals surface area contributed by atoms with Crippen molar-refractivity contribution in [2.24, 2.45) is 4.99 Å². The second kappa shape index (κ2) is 13.7. The molecule has 0 heterocycles. The molecule has 0 amide bonds. The molecule has 0 aliphatic rings. The van der Waals surface area contributed by atoms with E-state index < -0.39 is 30.8 Å². The van der Waals surface area contributed by atoms with Gasteiger partial charge < -0.3 is 0 Å². The number of para-hydroxylation sites is 1. The molecule has 44 heavy (non-hydrogen) atoms. The number of nitrogens with zero attached hydrogens (tertiary/aromatic N) is 3. The fraction of sp³-hybridized carbons (Fsp3) is 0.359. The summed E-state index contributed by atoms with van der Waals surface area (Å²) in [5.74, 6) is 1.09. The van der Waals surface area contributed by atoms with Gasteiger partial charge in [-0.1, -0.05) is 0 Å². The van der Waals surface area contributed by atoms with Crippen LogP contribution in [0, 0.1) is 41.5 Å². The van der Waals surface area contributed by atoms with Crippen molar-refractivity contribution in [3.8, 4) is 0 Å². The zero-order chi connectivity index (χ0) is 32.4. The molecule has 0 aliphatic carbocycles. The Bertz CT molecular complexity index is 1510. The molecule has 0 spiro atoms. The summed E-state index contributed by atoms with van der Waals surface area (Å²) in [6.07, 6.45) is 0. The molecule has 0 bridgehead atoms. The van der Waals surface area contributed by atoms with Crippen molar-refractivity contribution in [3.63, 3.8) is 0 Å². The van der Waals surface area contributed by atoms with Gasteiger partial charge in [-0.15, -0.1) is 0 Å². The van der Waals surface area contributed by atoms with E-state index in [1.165, 1.54) is 44.6 Å². The van der Waals surface area contributed by atoms with Gasteiger partial charge in [0.05, 0.1) is 0 Å². The molecule has 4 aromatic carbocycles. The summed E-state index contributed by atoms with van der Waals surface area (Å²) in [6.45, 7) is 27.5. The zero-order valence-corrected chi connectivity index (χ0v) is 32.8. The maximum absolute atomic E-state index is 5.45. The molecule has 4 rings (SSSR count). The number of anilines is 1. The second-order valence-corrected chi connectivity index (χ2v) is 22.1. The predicted molar refractivity (Wildman–Crippen MR) is 195 cm³/mol. The average Bonchev–Trinajstić information content (AvgIpc) is 2.91. The third-order valence-electron chi connectivity index (χ3n) is 7.45. The number of rotatable bonds is 7. The van der Waals surface area contributed by atoms with Crippen molar-refractivity contribution in [3.05, 3.63) is 124 Å². The number of benzene rings is 4. The van der Waals surface area contributed by atoms with Crippen LogP contribution in [-0.4, -0.2) is 51.5 Å². The Morgan fingerprint density at radius 1 is 0.614 bits per heavy atom. The molecule has 230 valence electrons. The Labute approximate surface area is 279 Å². The van der Waals surface area contributed by atoms with E-state index in [1.807, 2.05) is 0 Å². The number of aryl methyl sites for hydroxylation is 6. The van der Waals surface area contributed by atoms with Gasteiger partial charge in [0.1, 0.15) is 0 Å². The molecule has 0 aromatic heterocycles. The van der Waals surface area contributed by atoms with Gasteiger partial charge >= 0.3 is 281 Å². The Morgan fingerprint density at radius 2 is 1.02 bits per heavy atom. The molecule has 0 unspecified atom stereocenters. The van der Waals surface area contributed by atoms with Crippen LogP contribution in [0.4, 0.5) is 5.69 Å². The van der Waals surface area contributed by atoms with Crippen LogP contribution in [0.25, 0.3) is 0 Å². The van der Waals surface area contributed by atoms with Crippen LogP contribution >= 0.6 is 0 Å². The van der Waals surface area contributed by atoms with Crippen molar-refractivity contribution < 1.29 is 0 Å². The van der Waals surface area contributed by atoms with Crippen LogP contribution in [0.5, 0.6) is 0 Å². The summed E-state index contributed by atoms with van der Waals surface area (Å²) in [7, 11) is 0. The third-order valence-corrected chi connectivity index (χ3v) is 19.9. The maximum atomic E-state index is 5.45. The van der Waals surface area contributed by atoms with E-state index in [4.69, 9.17) is 4.99 Å². The van der Waals surface area contributed by atoms with Crippen molar-refractivity contribution in [1.82, 2.24) is 3.86 Å². The SMILES string of the molecule is Cc1cc(C)c([As](c2c(C)cc(C)cc2C)[N]([Ge][N](C(=NC(C)(C)C)c2ccccc2)C(C)(C)C)c2ccccc2)c(C)c1. The molecule has 0 aliphatic heterocycles. The average molecular weight is 708 g/mol. The van der Waals surface area contributed by atoms with Gasteiger partial charge in [-0.25, -0.2) is 0 Å². The van der Waals surface area contributed by atoms with Gasteiger partial charge in [-0.2, -0.15) is 0 Å². The van der Waals surface area contributed by atoms with Gasteiger partial charge in [0.25, 0.3) is 0 Å². The summed E-state index contributed by atoms with van der Waals surface area (Å²) >= 11 is -3.07. The summed E-state index contributed by atoms with van der Waals surface area (Å²) < 4.78 is 8.65. The van der Waals surface area contributed by atoms with E-state index in [-0.39, 0.29) is 11.1 Å². The number of hydrogen-bond acceptors (Lipinski definition) is 2. The van der Waals surface area contributed by atoms with Crippen LogP contribution in [-0.2, 0) is 0 Å². The fourth-order valence-electron chi connectivity index (χ4n) is 5.87. The second-order valence-electron chi connectivity index (χ2n) is 14.0. The van der Waals surface area contributed by atoms with Crippen molar-refractivity contribution in [2.75, 3.05) is 2.77 Å². The van der Waals surface area contributed by atoms with Crippen LogP contribution in [0.2, 0.25) is 0 Å². The number of aliphatic imine (C=N–C) groups is 1. The molecule has 2 radical (unpaired) electrons. The number of amidine groups is 1. The molecule has 0 saturated carbocycles. The van der Waals surface area contributed by atoms with Crippen LogP contribution in [0.15, 0.2) is 89.9 Å². The van der Waals surface area contributed by atoms with E-state index in [0.29, 0.717) is 0 Å². The molecule has 0 atom stereocenters. The van der Waals surface area contributed by atoms with Crippen LogP contribution < -0.4 is 11.5 Å². The Kier molecular flexibility index (Phi) is 10.6. The quantitative estimate of drug-likeness (QED) is 0.110. The molecule has 0 saturated heterocycles. The molecular formula is C39H50AsGeN3. The van der Waals surface area contributed by atoms with Gasteiger partial charge in [0.15, 0.2) is 0 Å². The topological polar surface area (TPSA) is 18.8 Å². The molecule has 0 fully saturated rings. The Hall–Kier alpha value is -2.75. The van der Waals surface area contributed by atoms with E-state index >= 15 is 0 Å². The first kappa shape index (κ1) is 34.1. The monoisotopic (exact) mass is 709 g/mol. The molecule has 5 heteroatoms. The van der Waals surface area contributed by atoms with Gasteiger partial charge in [-0.05, 0) is 0 Å². The first-order chi connectivity index (χ1) is 20.6. The van der Waals surface area contributed by atoms with E-state index in [2.05, 4.69) is 175 Å². The van der Waals surface area contributed by atoms with Crippen LogP contribution in [0.1, 0.15) is 80.5 Å². The Morgan fingerprint density at radius 3 is 1.41 bits per heavy atom. The van der Waals surface area contributed by atoms with Crippen LogP contribution in [0.3, 0.4) is 0 Å². The standard InChI is InChI=1S/C39H50AsGeN3/c1-27-23-29(3)35(30(4)24-27)40(36-31(5)25-28(2)26-32(36)6)44(34-21-17-14-18-22-34)41-43(39(10,11)12)37(42-38(7,8)9)33-19-15-13-16-20-33/h13-26H,1-12H3. The minimum absolute atomic E-state index is 0.137. The van der Waals surface area contributed by atoms with Gasteiger partial charge in [0.2, 0.25) is 0 Å². The molecule has 3 nitrogen and oxygen atoms in total. The minimum atomic E-state index is -2.12. The predicted octanol–water partition coefficient (Wildman–Crippen LogP) is 8.03. The fourth-order valence-corrected chi connectivity index (χ4v) is 17.8. The third kappa shape index (κ3) is 8.09. The summed E-state index contributed by atoms with van der Waals surface area (Å²) in [4.78, 5) is 5.45. The molecule has 0 N–H and O–H groups in total. The van der Waals surface area contributed by atoms with E-state index in [1.54, 1.807) is 8.70 Å². The Balaban J connectivity index is 2.07. The molecular weight excluding hydrogens is 658 g/mol. The van der Waals surface area contributed by atoms with Crippen molar-refractivity contribution in [1.29, 1.82) is 0 Å². The number of hydrogen-bond donors (Lipinski definition) is 0. The summed E-state index contributed by atoms with van der Waals surface area (Å²) in [5.41, 5.74) is 10.4. The van der Waals surface area contributed by atoms with Gasteiger partial charge in [0, 0.05) is 0 Å². The summed E-state index contributed by atoms with van der Waals surface area (Å²) in [5, 5.41) is 0. The van der Waals surface area contributed by atoms with Crippen molar-refractivity contribution in [2.45, 2.75) is 94.2 Å². The normalized spacial score (nSPS) is 12.5. The van der Waals surface area contributed by atoms with Gasteiger partial charge in [-0.3, -0.25) is 0 Å². The van der Waals surface area contributed by atoms with E-state index in [9.17, 15) is 0 Å². The summed E-state index contributed by atoms with van der Waals surface area (Å²) in [6, 6.07) is 31.6. The van der Waals surface area contributed by atoms with E-state index in [0.717, 1.165) is 5.84 Å². The first-order valence-electron chi connectivity index (χ1n) is 15.6. The van der Waals surface area contributed by atoms with Crippen molar-refractivity contribution >= 4 is 51.0 Å². The molecule has 4 aromatic rings. The zero-order valence-electron chi connectivity index (χ0n) is 28.9. The first-order valence-corrected chi connectivity index (χ1v) is 20.2.